The molecule has 0 aromatic heterocycles. The molecule has 0 radical (unpaired) electrons. The third-order valence-corrected chi connectivity index (χ3v) is 5.04. The number of aliphatic imine (C=N–C) groups is 1. The summed E-state index contributed by atoms with van der Waals surface area (Å²) in [6.45, 7) is 7.53. The van der Waals surface area contributed by atoms with Crippen LogP contribution in [0.2, 0.25) is 0 Å². The average molecular weight is 418 g/mol. The summed E-state index contributed by atoms with van der Waals surface area (Å²) in [5.74, 6) is 1.99. The highest BCUT2D eigenvalue weighted by Crippen LogP contribution is 2.14. The minimum atomic E-state index is 0.306. The number of nitrogens with zero attached hydrogens (tertiary/aromatic N) is 3. The van der Waals surface area contributed by atoms with Gasteiger partial charge in [0.2, 0.25) is 5.91 Å². The van der Waals surface area contributed by atoms with Gasteiger partial charge in [-0.15, -0.1) is 0 Å². The molecule has 1 aromatic carbocycles. The number of ether oxygens (including phenoxy) is 1. The molecule has 1 fully saturated rings. The summed E-state index contributed by atoms with van der Waals surface area (Å²) in [4.78, 5) is 20.9. The topological polar surface area (TPSA) is 69.2 Å². The van der Waals surface area contributed by atoms with E-state index in [1.807, 2.05) is 37.2 Å². The van der Waals surface area contributed by atoms with Crippen molar-refractivity contribution in [2.75, 3.05) is 53.4 Å². The first-order chi connectivity index (χ1) is 14.6. The molecule has 1 aliphatic rings. The number of guanidine groups is 1. The number of carbonyl (C=O) groups excluding carboxylic acids is 1. The van der Waals surface area contributed by atoms with Gasteiger partial charge in [0.05, 0.1) is 6.54 Å². The zero-order chi connectivity index (χ0) is 21.6. The predicted molar refractivity (Wildman–Crippen MR) is 123 cm³/mol. The smallest absolute Gasteiger partial charge is 0.222 e. The highest BCUT2D eigenvalue weighted by atomic mass is 16.5. The van der Waals surface area contributed by atoms with Crippen molar-refractivity contribution in [3.05, 3.63) is 29.8 Å². The number of hydrogen-bond acceptors (Lipinski definition) is 4. The number of likely N-dealkylation sites (N-methyl/N-ethyl adjacent to an activating group) is 1. The molecule has 2 N–H and O–H groups in total. The van der Waals surface area contributed by atoms with Crippen LogP contribution < -0.4 is 15.4 Å². The minimum absolute atomic E-state index is 0.306. The molecule has 1 amide bonds. The first-order valence-corrected chi connectivity index (χ1v) is 11.2. The molecule has 30 heavy (non-hydrogen) atoms. The van der Waals surface area contributed by atoms with E-state index in [9.17, 15) is 4.79 Å². The van der Waals surface area contributed by atoms with E-state index in [0.29, 0.717) is 25.5 Å². The van der Waals surface area contributed by atoms with Crippen LogP contribution >= 0.6 is 0 Å². The van der Waals surface area contributed by atoms with E-state index in [0.717, 1.165) is 69.3 Å². The Morgan fingerprint density at radius 3 is 2.90 bits per heavy atom. The highest BCUT2D eigenvalue weighted by molar-refractivity contribution is 5.79. The lowest BCUT2D eigenvalue weighted by Crippen LogP contribution is -2.39. The number of rotatable bonds is 11. The first-order valence-electron chi connectivity index (χ1n) is 11.2. The summed E-state index contributed by atoms with van der Waals surface area (Å²) < 4.78 is 5.81. The molecule has 0 atom stereocenters. The second-order valence-corrected chi connectivity index (χ2v) is 7.97. The van der Waals surface area contributed by atoms with E-state index in [4.69, 9.17) is 9.73 Å². The van der Waals surface area contributed by atoms with E-state index < -0.39 is 0 Å². The third-order valence-electron chi connectivity index (χ3n) is 5.04. The molecular weight excluding hydrogens is 378 g/mol. The van der Waals surface area contributed by atoms with Gasteiger partial charge in [0.1, 0.15) is 12.4 Å². The van der Waals surface area contributed by atoms with E-state index in [1.165, 1.54) is 6.42 Å². The van der Waals surface area contributed by atoms with Gasteiger partial charge < -0.3 is 25.2 Å². The van der Waals surface area contributed by atoms with Crippen LogP contribution in [0.1, 0.15) is 44.6 Å². The van der Waals surface area contributed by atoms with Crippen molar-refractivity contribution in [2.45, 2.75) is 45.6 Å². The van der Waals surface area contributed by atoms with Crippen LogP contribution in [0.5, 0.6) is 5.75 Å². The number of amides is 1. The number of nitrogens with one attached hydrogen (secondary N) is 2. The van der Waals surface area contributed by atoms with Crippen LogP contribution in [-0.4, -0.2) is 75.1 Å². The number of hydrogen-bond donors (Lipinski definition) is 2. The Hall–Kier alpha value is -2.28. The Morgan fingerprint density at radius 2 is 2.10 bits per heavy atom. The van der Waals surface area contributed by atoms with Gasteiger partial charge in [-0.2, -0.15) is 0 Å². The molecule has 1 heterocycles. The lowest BCUT2D eigenvalue weighted by atomic mass is 10.2. The van der Waals surface area contributed by atoms with Gasteiger partial charge in [0, 0.05) is 39.1 Å². The van der Waals surface area contributed by atoms with Crippen LogP contribution in [-0.2, 0) is 11.3 Å². The van der Waals surface area contributed by atoms with Gasteiger partial charge >= 0.3 is 0 Å². The van der Waals surface area contributed by atoms with Crippen molar-refractivity contribution in [2.24, 2.45) is 4.99 Å². The summed E-state index contributed by atoms with van der Waals surface area (Å²) in [5.41, 5.74) is 1.12. The van der Waals surface area contributed by atoms with Gasteiger partial charge in [0.15, 0.2) is 5.96 Å². The van der Waals surface area contributed by atoms with E-state index in [2.05, 4.69) is 28.5 Å². The lowest BCUT2D eigenvalue weighted by molar-refractivity contribution is -0.130. The zero-order valence-corrected chi connectivity index (χ0v) is 19.0. The Bertz CT molecular complexity index is 663. The van der Waals surface area contributed by atoms with Crippen LogP contribution in [0, 0.1) is 0 Å². The average Bonchev–Trinajstić information content (AvgIpc) is 2.93. The largest absolute Gasteiger partial charge is 0.492 e. The van der Waals surface area contributed by atoms with Crippen molar-refractivity contribution in [1.82, 2.24) is 20.4 Å². The fraction of sp³-hybridized carbons (Fsp3) is 0.652. The molecule has 1 saturated heterocycles. The molecule has 168 valence electrons. The molecule has 2 rings (SSSR count). The number of likely N-dealkylation sites (tertiary alicyclic amines) is 1. The Morgan fingerprint density at radius 1 is 1.23 bits per heavy atom. The van der Waals surface area contributed by atoms with Gasteiger partial charge in [-0.25, -0.2) is 4.99 Å². The summed E-state index contributed by atoms with van der Waals surface area (Å²) in [6, 6.07) is 8.11. The molecular formula is C23H39N5O2. The van der Waals surface area contributed by atoms with Gasteiger partial charge in [-0.3, -0.25) is 4.79 Å². The quantitative estimate of drug-likeness (QED) is 0.329. The van der Waals surface area contributed by atoms with Crippen molar-refractivity contribution in [3.63, 3.8) is 0 Å². The summed E-state index contributed by atoms with van der Waals surface area (Å²) in [7, 11) is 4.07. The molecule has 0 bridgehead atoms. The minimum Gasteiger partial charge on any atom is -0.492 e. The molecule has 0 unspecified atom stereocenters. The second-order valence-electron chi connectivity index (χ2n) is 7.97. The van der Waals surface area contributed by atoms with Crippen molar-refractivity contribution in [1.29, 1.82) is 0 Å². The molecule has 0 aliphatic carbocycles. The van der Waals surface area contributed by atoms with E-state index >= 15 is 0 Å². The maximum atomic E-state index is 12.1. The molecule has 0 spiro atoms. The normalized spacial score (nSPS) is 15.3. The van der Waals surface area contributed by atoms with Crippen molar-refractivity contribution in [3.8, 4) is 5.75 Å². The molecule has 1 aliphatic heterocycles. The standard InChI is InChI=1S/C23H39N5O2/c1-4-24-23(25-13-9-15-28-14-7-5-6-12-22(28)29)26-19-20-10-8-11-21(18-20)30-17-16-27(2)3/h8,10-11,18H,4-7,9,12-17,19H2,1-3H3,(H2,24,25,26). The van der Waals surface area contributed by atoms with Gasteiger partial charge in [-0.05, 0) is 58.0 Å². The third kappa shape index (κ3) is 9.48. The molecule has 1 aromatic rings. The Balaban J connectivity index is 1.78. The summed E-state index contributed by atoms with van der Waals surface area (Å²) in [6.07, 6.45) is 4.95. The van der Waals surface area contributed by atoms with Crippen LogP contribution in [0.25, 0.3) is 0 Å². The maximum absolute atomic E-state index is 12.1. The SMILES string of the molecule is CCNC(=NCc1cccc(OCCN(C)C)c1)NCCCN1CCCCCC1=O. The lowest BCUT2D eigenvalue weighted by Gasteiger charge is -2.20. The number of benzene rings is 1. The molecule has 7 heteroatoms. The molecule has 7 nitrogen and oxygen atoms in total. The Labute approximate surface area is 181 Å². The summed E-state index contributed by atoms with van der Waals surface area (Å²) in [5, 5.41) is 6.68. The second kappa shape index (κ2) is 13.9. The van der Waals surface area contributed by atoms with E-state index in [1.54, 1.807) is 0 Å². The van der Waals surface area contributed by atoms with Crippen molar-refractivity contribution >= 4 is 11.9 Å². The summed E-state index contributed by atoms with van der Waals surface area (Å²) >= 11 is 0. The fourth-order valence-electron chi connectivity index (χ4n) is 3.34. The van der Waals surface area contributed by atoms with Crippen LogP contribution in [0.15, 0.2) is 29.3 Å². The highest BCUT2D eigenvalue weighted by Gasteiger charge is 2.15. The van der Waals surface area contributed by atoms with Crippen LogP contribution in [0.4, 0.5) is 0 Å². The van der Waals surface area contributed by atoms with Crippen LogP contribution in [0.3, 0.4) is 0 Å². The van der Waals surface area contributed by atoms with Gasteiger partial charge in [0.25, 0.3) is 0 Å². The zero-order valence-electron chi connectivity index (χ0n) is 19.0. The predicted octanol–water partition coefficient (Wildman–Crippen LogP) is 2.47. The first kappa shape index (κ1) is 24.0. The monoisotopic (exact) mass is 417 g/mol. The van der Waals surface area contributed by atoms with E-state index in [-0.39, 0.29) is 0 Å². The maximum Gasteiger partial charge on any atom is 0.222 e. The van der Waals surface area contributed by atoms with Gasteiger partial charge in [-0.1, -0.05) is 18.6 Å². The Kier molecular flexibility index (Phi) is 11.1. The van der Waals surface area contributed by atoms with Crippen molar-refractivity contribution < 1.29 is 9.53 Å². The fourth-order valence-corrected chi connectivity index (χ4v) is 3.34. The number of carbonyl (C=O) groups is 1. The molecule has 0 saturated carbocycles.